The summed E-state index contributed by atoms with van der Waals surface area (Å²) in [6.45, 7) is 0.738. The molecule has 1 heterocycles. The number of anilines is 1. The van der Waals surface area contributed by atoms with Crippen LogP contribution in [0.3, 0.4) is 0 Å². The summed E-state index contributed by atoms with van der Waals surface area (Å²) in [5.74, 6) is 0.761. The van der Waals surface area contributed by atoms with Gasteiger partial charge < -0.3 is 15.4 Å². The molecule has 0 radical (unpaired) electrons. The van der Waals surface area contributed by atoms with Crippen molar-refractivity contribution in [2.45, 2.75) is 12.8 Å². The number of ether oxygens (including phenoxy) is 1. The maximum atomic E-state index is 11.7. The van der Waals surface area contributed by atoms with Crippen LogP contribution in [0.5, 0.6) is 5.75 Å². The summed E-state index contributed by atoms with van der Waals surface area (Å²) in [5, 5.41) is 0. The first kappa shape index (κ1) is 11.9. The van der Waals surface area contributed by atoms with Crippen molar-refractivity contribution in [3.63, 3.8) is 0 Å². The zero-order chi connectivity index (χ0) is 12.4. The second kappa shape index (κ2) is 4.71. The molecule has 2 rings (SSSR count). The Morgan fingerprint density at radius 3 is 2.82 bits per heavy atom. The highest BCUT2D eigenvalue weighted by molar-refractivity contribution is 7.80. The average molecular weight is 250 g/mol. The van der Waals surface area contributed by atoms with Gasteiger partial charge in [-0.2, -0.15) is 0 Å². The van der Waals surface area contributed by atoms with Crippen molar-refractivity contribution in [1.29, 1.82) is 0 Å². The molecule has 0 atom stereocenters. The van der Waals surface area contributed by atoms with Crippen LogP contribution in [0.25, 0.3) is 0 Å². The van der Waals surface area contributed by atoms with E-state index in [2.05, 4.69) is 0 Å². The fourth-order valence-electron chi connectivity index (χ4n) is 1.96. The molecule has 4 nitrogen and oxygen atoms in total. The lowest BCUT2D eigenvalue weighted by Crippen LogP contribution is -2.24. The summed E-state index contributed by atoms with van der Waals surface area (Å²) >= 11 is 4.91. The predicted octanol–water partition coefficient (Wildman–Crippen LogP) is 1.46. The SMILES string of the molecule is COc1cc(C(N)=S)ccc1N1CCCC1=O. The van der Waals surface area contributed by atoms with Crippen LogP contribution in [0.1, 0.15) is 18.4 Å². The average Bonchev–Trinajstić information content (AvgIpc) is 2.74. The van der Waals surface area contributed by atoms with Crippen LogP contribution in [0.2, 0.25) is 0 Å². The van der Waals surface area contributed by atoms with Crippen LogP contribution < -0.4 is 15.4 Å². The van der Waals surface area contributed by atoms with Gasteiger partial charge in [-0.3, -0.25) is 4.79 Å². The van der Waals surface area contributed by atoms with E-state index in [4.69, 9.17) is 22.7 Å². The van der Waals surface area contributed by atoms with Crippen molar-refractivity contribution in [1.82, 2.24) is 0 Å². The summed E-state index contributed by atoms with van der Waals surface area (Å²) in [6, 6.07) is 5.41. The minimum Gasteiger partial charge on any atom is -0.495 e. The highest BCUT2D eigenvalue weighted by Crippen LogP contribution is 2.32. The zero-order valence-corrected chi connectivity index (χ0v) is 10.4. The van der Waals surface area contributed by atoms with Gasteiger partial charge in [-0.15, -0.1) is 0 Å². The van der Waals surface area contributed by atoms with Gasteiger partial charge in [-0.1, -0.05) is 12.2 Å². The van der Waals surface area contributed by atoms with E-state index in [0.29, 0.717) is 17.2 Å². The monoisotopic (exact) mass is 250 g/mol. The molecule has 0 bridgehead atoms. The molecule has 2 N–H and O–H groups in total. The second-order valence-electron chi connectivity index (χ2n) is 3.90. The lowest BCUT2D eigenvalue weighted by atomic mass is 10.1. The Balaban J connectivity index is 2.40. The summed E-state index contributed by atoms with van der Waals surface area (Å²) in [4.78, 5) is 13.7. The van der Waals surface area contributed by atoms with Gasteiger partial charge in [0.15, 0.2) is 0 Å². The van der Waals surface area contributed by atoms with E-state index < -0.39 is 0 Å². The van der Waals surface area contributed by atoms with Gasteiger partial charge in [0.25, 0.3) is 0 Å². The van der Waals surface area contributed by atoms with E-state index in [0.717, 1.165) is 24.2 Å². The highest BCUT2D eigenvalue weighted by atomic mass is 32.1. The Labute approximate surface area is 105 Å². The van der Waals surface area contributed by atoms with Crippen molar-refractivity contribution in [3.05, 3.63) is 23.8 Å². The molecule has 0 aliphatic carbocycles. The minimum atomic E-state index is 0.131. The first-order valence-corrected chi connectivity index (χ1v) is 5.82. The molecule has 5 heteroatoms. The van der Waals surface area contributed by atoms with Crippen molar-refractivity contribution in [2.75, 3.05) is 18.6 Å². The van der Waals surface area contributed by atoms with Crippen molar-refractivity contribution in [2.24, 2.45) is 5.73 Å². The van der Waals surface area contributed by atoms with Crippen LogP contribution >= 0.6 is 12.2 Å². The Bertz CT molecular complexity index is 474. The molecule has 17 heavy (non-hydrogen) atoms. The third kappa shape index (κ3) is 2.24. The minimum absolute atomic E-state index is 0.131. The molecule has 1 saturated heterocycles. The molecule has 1 fully saturated rings. The molecular weight excluding hydrogens is 236 g/mol. The summed E-state index contributed by atoms with van der Waals surface area (Å²) in [5.41, 5.74) is 7.09. The number of carbonyl (C=O) groups is 1. The van der Waals surface area contributed by atoms with Crippen molar-refractivity contribution in [3.8, 4) is 5.75 Å². The molecule has 0 saturated carbocycles. The van der Waals surface area contributed by atoms with Crippen LogP contribution in [0.15, 0.2) is 18.2 Å². The van der Waals surface area contributed by atoms with Crippen molar-refractivity contribution < 1.29 is 9.53 Å². The summed E-state index contributed by atoms with van der Waals surface area (Å²) in [7, 11) is 1.57. The van der Waals surface area contributed by atoms with E-state index in [-0.39, 0.29) is 5.91 Å². The summed E-state index contributed by atoms with van der Waals surface area (Å²) < 4.78 is 5.29. The molecule has 0 spiro atoms. The third-order valence-corrected chi connectivity index (χ3v) is 3.06. The number of thiocarbonyl (C=S) groups is 1. The molecule has 1 amide bonds. The molecule has 1 aliphatic rings. The van der Waals surface area contributed by atoms with Gasteiger partial charge in [-0.25, -0.2) is 0 Å². The molecule has 90 valence electrons. The quantitative estimate of drug-likeness (QED) is 0.825. The normalized spacial score (nSPS) is 15.1. The third-order valence-electron chi connectivity index (χ3n) is 2.83. The van der Waals surface area contributed by atoms with Crippen LogP contribution in [0.4, 0.5) is 5.69 Å². The molecular formula is C12H14N2O2S. The fourth-order valence-corrected chi connectivity index (χ4v) is 2.08. The number of amides is 1. The maximum absolute atomic E-state index is 11.7. The second-order valence-corrected chi connectivity index (χ2v) is 4.34. The Morgan fingerprint density at radius 1 is 1.53 bits per heavy atom. The van der Waals surface area contributed by atoms with Crippen LogP contribution in [-0.2, 0) is 4.79 Å². The maximum Gasteiger partial charge on any atom is 0.227 e. The smallest absolute Gasteiger partial charge is 0.227 e. The van der Waals surface area contributed by atoms with E-state index in [1.165, 1.54) is 0 Å². The molecule has 0 aromatic heterocycles. The first-order chi connectivity index (χ1) is 8.13. The molecule has 0 unspecified atom stereocenters. The number of carbonyl (C=O) groups excluding carboxylic acids is 1. The number of hydrogen-bond donors (Lipinski definition) is 1. The van der Waals surface area contributed by atoms with Gasteiger partial charge in [0.2, 0.25) is 5.91 Å². The number of methoxy groups -OCH3 is 1. The highest BCUT2D eigenvalue weighted by Gasteiger charge is 2.24. The number of nitrogens with zero attached hydrogens (tertiary/aromatic N) is 1. The number of rotatable bonds is 3. The predicted molar refractivity (Wildman–Crippen MR) is 70.5 cm³/mol. The number of benzene rings is 1. The lowest BCUT2D eigenvalue weighted by molar-refractivity contribution is -0.117. The molecule has 1 aromatic carbocycles. The first-order valence-electron chi connectivity index (χ1n) is 5.41. The topological polar surface area (TPSA) is 55.6 Å². The van der Waals surface area contributed by atoms with E-state index in [1.807, 2.05) is 12.1 Å². The number of hydrogen-bond acceptors (Lipinski definition) is 3. The fraction of sp³-hybridized carbons (Fsp3) is 0.333. The van der Waals surface area contributed by atoms with E-state index >= 15 is 0 Å². The Kier molecular flexibility index (Phi) is 3.28. The number of nitrogens with two attached hydrogens (primary N) is 1. The molecule has 1 aromatic rings. The van der Waals surface area contributed by atoms with Crippen molar-refractivity contribution >= 4 is 28.8 Å². The van der Waals surface area contributed by atoms with Gasteiger partial charge >= 0.3 is 0 Å². The van der Waals surface area contributed by atoms with E-state index in [1.54, 1.807) is 18.1 Å². The largest absolute Gasteiger partial charge is 0.495 e. The molecule has 1 aliphatic heterocycles. The zero-order valence-electron chi connectivity index (χ0n) is 9.60. The van der Waals surface area contributed by atoms with Crippen LogP contribution in [-0.4, -0.2) is 24.6 Å². The standard InChI is InChI=1S/C12H14N2O2S/c1-16-10-7-8(12(13)17)4-5-9(10)14-6-2-3-11(14)15/h4-5,7H,2-3,6H2,1H3,(H2,13,17). The van der Waals surface area contributed by atoms with Gasteiger partial charge in [0.05, 0.1) is 12.8 Å². The van der Waals surface area contributed by atoms with Crippen LogP contribution in [0, 0.1) is 0 Å². The van der Waals surface area contributed by atoms with Gasteiger partial charge in [-0.05, 0) is 24.6 Å². The van der Waals surface area contributed by atoms with E-state index in [9.17, 15) is 4.79 Å². The summed E-state index contributed by atoms with van der Waals surface area (Å²) in [6.07, 6.45) is 1.49. The van der Waals surface area contributed by atoms with Gasteiger partial charge in [0, 0.05) is 18.5 Å². The Morgan fingerprint density at radius 2 is 2.29 bits per heavy atom. The lowest BCUT2D eigenvalue weighted by Gasteiger charge is -2.19. The Hall–Kier alpha value is -1.62. The van der Waals surface area contributed by atoms with Gasteiger partial charge in [0.1, 0.15) is 10.7 Å².